The first-order chi connectivity index (χ1) is 14.9. The lowest BCUT2D eigenvalue weighted by Gasteiger charge is -2.59. The van der Waals surface area contributed by atoms with E-state index in [2.05, 4.69) is 10.4 Å². The lowest BCUT2D eigenvalue weighted by Crippen LogP contribution is -2.63. The van der Waals surface area contributed by atoms with E-state index in [4.69, 9.17) is 16.3 Å². The molecule has 4 aliphatic carbocycles. The number of methoxy groups -OCH3 is 1. The highest BCUT2D eigenvalue weighted by atomic mass is 35.5. The number of rotatable bonds is 6. The molecule has 6 rings (SSSR count). The van der Waals surface area contributed by atoms with Gasteiger partial charge in [0.05, 0.1) is 30.5 Å². The summed E-state index contributed by atoms with van der Waals surface area (Å²) in [6.45, 7) is 0.456. The summed E-state index contributed by atoms with van der Waals surface area (Å²) in [4.78, 5) is 25.5. The van der Waals surface area contributed by atoms with Gasteiger partial charge in [0.15, 0.2) is 0 Å². The Morgan fingerprint density at radius 3 is 2.74 bits per heavy atom. The van der Waals surface area contributed by atoms with Gasteiger partial charge in [-0.3, -0.25) is 9.59 Å². The van der Waals surface area contributed by atoms with Crippen molar-refractivity contribution >= 4 is 23.3 Å². The number of hydrogen-bond donors (Lipinski definition) is 2. The largest absolute Gasteiger partial charge is 0.497 e. The Morgan fingerprint density at radius 1 is 1.32 bits per heavy atom. The number of aliphatic carboxylic acids is 1. The van der Waals surface area contributed by atoms with Gasteiger partial charge in [0, 0.05) is 6.54 Å². The molecule has 1 aromatic heterocycles. The zero-order chi connectivity index (χ0) is 21.8. The van der Waals surface area contributed by atoms with Crippen LogP contribution in [0.5, 0.6) is 5.75 Å². The Labute approximate surface area is 185 Å². The van der Waals surface area contributed by atoms with Gasteiger partial charge in [-0.1, -0.05) is 23.7 Å². The van der Waals surface area contributed by atoms with E-state index in [1.54, 1.807) is 13.3 Å². The molecule has 4 saturated carbocycles. The summed E-state index contributed by atoms with van der Waals surface area (Å²) < 4.78 is 6.66. The number of benzene rings is 1. The second-order valence-electron chi connectivity index (χ2n) is 9.32. The maximum atomic E-state index is 13.3. The molecule has 0 saturated heterocycles. The van der Waals surface area contributed by atoms with Crippen LogP contribution in [0.3, 0.4) is 0 Å². The lowest BCUT2D eigenvalue weighted by molar-refractivity contribution is -0.168. The van der Waals surface area contributed by atoms with Crippen LogP contribution in [-0.4, -0.2) is 28.0 Å². The average molecular weight is 444 g/mol. The van der Waals surface area contributed by atoms with Crippen LogP contribution in [0.15, 0.2) is 35.3 Å². The van der Waals surface area contributed by atoms with Crippen LogP contribution in [0.25, 0.3) is 0 Å². The summed E-state index contributed by atoms with van der Waals surface area (Å²) >= 11 is 6.48. The lowest BCUT2D eigenvalue weighted by atomic mass is 9.48. The number of carboxylic acid groups (broad SMARTS) is 1. The van der Waals surface area contributed by atoms with Crippen LogP contribution in [0.2, 0.25) is 5.02 Å². The summed E-state index contributed by atoms with van der Waals surface area (Å²) in [5.74, 6) is 0.381. The van der Waals surface area contributed by atoms with E-state index in [9.17, 15) is 14.7 Å². The molecular weight excluding hydrogens is 418 g/mol. The highest BCUT2D eigenvalue weighted by Gasteiger charge is 2.61. The third-order valence-electron chi connectivity index (χ3n) is 7.50. The number of aromatic nitrogens is 2. The number of halogens is 1. The van der Waals surface area contributed by atoms with E-state index in [1.807, 2.05) is 24.3 Å². The molecule has 0 aliphatic heterocycles. The Balaban J connectivity index is 1.46. The number of nitrogens with zero attached hydrogens (tertiary/aromatic N) is 2. The minimum Gasteiger partial charge on any atom is -0.497 e. The van der Waals surface area contributed by atoms with Crippen LogP contribution in [0.1, 0.15) is 37.7 Å². The van der Waals surface area contributed by atoms with Gasteiger partial charge in [-0.2, -0.15) is 5.10 Å². The molecule has 0 unspecified atom stereocenters. The zero-order valence-corrected chi connectivity index (χ0v) is 18.1. The Morgan fingerprint density at radius 2 is 2.06 bits per heavy atom. The highest BCUT2D eigenvalue weighted by molar-refractivity contribution is 6.32. The molecule has 1 heterocycles. The topological polar surface area (TPSA) is 93.4 Å². The van der Waals surface area contributed by atoms with Gasteiger partial charge in [0.2, 0.25) is 0 Å². The third-order valence-corrected chi connectivity index (χ3v) is 7.86. The molecule has 8 heteroatoms. The molecule has 3 atom stereocenters. The molecule has 164 valence electrons. The molecule has 1 aromatic carbocycles. The molecule has 31 heavy (non-hydrogen) atoms. The summed E-state index contributed by atoms with van der Waals surface area (Å²) in [5, 5.41) is 17.7. The van der Waals surface area contributed by atoms with E-state index in [0.29, 0.717) is 36.9 Å². The maximum absolute atomic E-state index is 13.3. The van der Waals surface area contributed by atoms with Gasteiger partial charge in [0.1, 0.15) is 10.8 Å². The van der Waals surface area contributed by atoms with Crippen LogP contribution in [0, 0.1) is 23.7 Å². The van der Waals surface area contributed by atoms with Crippen molar-refractivity contribution in [3.8, 4) is 5.75 Å². The van der Waals surface area contributed by atoms with Crippen molar-refractivity contribution in [3.05, 3.63) is 51.4 Å². The van der Waals surface area contributed by atoms with Gasteiger partial charge in [-0.05, 0) is 67.6 Å². The molecule has 4 aliphatic rings. The first kappa shape index (κ1) is 20.4. The van der Waals surface area contributed by atoms with Gasteiger partial charge in [0.25, 0.3) is 5.56 Å². The number of hydrogen-bond acceptors (Lipinski definition) is 5. The fourth-order valence-corrected chi connectivity index (χ4v) is 6.78. The van der Waals surface area contributed by atoms with Gasteiger partial charge in [-0.25, -0.2) is 4.68 Å². The second kappa shape index (κ2) is 7.55. The van der Waals surface area contributed by atoms with E-state index in [1.165, 1.54) is 4.68 Å². The van der Waals surface area contributed by atoms with Crippen molar-refractivity contribution in [2.75, 3.05) is 12.4 Å². The fourth-order valence-electron chi connectivity index (χ4n) is 6.59. The number of carboxylic acids is 1. The van der Waals surface area contributed by atoms with Gasteiger partial charge in [-0.15, -0.1) is 0 Å². The van der Waals surface area contributed by atoms with Crippen molar-refractivity contribution in [2.24, 2.45) is 23.7 Å². The van der Waals surface area contributed by atoms with Crippen molar-refractivity contribution in [1.29, 1.82) is 0 Å². The smallest absolute Gasteiger partial charge is 0.309 e. The van der Waals surface area contributed by atoms with Crippen molar-refractivity contribution in [1.82, 2.24) is 9.78 Å². The SMILES string of the molecule is COc1cccc(CNc2cnn(C34C[C@H]5CC(C[C@@H](C5)C3)[C@@H]4C(=O)O)c(=O)c2Cl)c1. The van der Waals surface area contributed by atoms with E-state index in [0.717, 1.165) is 30.6 Å². The number of ether oxygens (including phenoxy) is 1. The molecule has 0 amide bonds. The molecular formula is C23H26ClN3O4. The number of carbonyl (C=O) groups is 1. The molecule has 0 radical (unpaired) electrons. The molecule has 7 nitrogen and oxygen atoms in total. The molecule has 2 N–H and O–H groups in total. The molecule has 4 bridgehead atoms. The number of nitrogens with one attached hydrogen (secondary N) is 1. The Bertz CT molecular complexity index is 1070. The predicted octanol–water partition coefficient (Wildman–Crippen LogP) is 3.75. The summed E-state index contributed by atoms with van der Waals surface area (Å²) in [7, 11) is 1.61. The normalized spacial score (nSPS) is 30.9. The monoisotopic (exact) mass is 443 g/mol. The van der Waals surface area contributed by atoms with Crippen LogP contribution >= 0.6 is 11.6 Å². The van der Waals surface area contributed by atoms with E-state index < -0.39 is 23.0 Å². The fraction of sp³-hybridized carbons (Fsp3) is 0.522. The molecule has 4 fully saturated rings. The molecule has 0 spiro atoms. The van der Waals surface area contributed by atoms with Crippen molar-refractivity contribution in [3.63, 3.8) is 0 Å². The number of anilines is 1. The average Bonchev–Trinajstić information content (AvgIpc) is 2.73. The van der Waals surface area contributed by atoms with E-state index >= 15 is 0 Å². The predicted molar refractivity (Wildman–Crippen MR) is 116 cm³/mol. The van der Waals surface area contributed by atoms with Gasteiger partial charge >= 0.3 is 5.97 Å². The standard InChI is InChI=1S/C23H26ClN3O4/c1-31-17-4-2-3-13(8-17)11-25-18-12-26-27(21(28)20(18)24)23-9-14-5-15(10-23)7-16(6-14)19(23)22(29)30/h2-4,8,12,14-16,19,25H,5-7,9-11H2,1H3,(H,29,30)/t14-,15-,16?,19-,23?/m1/s1. The van der Waals surface area contributed by atoms with Crippen molar-refractivity contribution in [2.45, 2.75) is 44.2 Å². The first-order valence-electron chi connectivity index (χ1n) is 10.8. The van der Waals surface area contributed by atoms with Gasteiger partial charge < -0.3 is 15.2 Å². The van der Waals surface area contributed by atoms with Crippen LogP contribution in [-0.2, 0) is 16.9 Å². The highest BCUT2D eigenvalue weighted by Crippen LogP contribution is 2.61. The minimum atomic E-state index is -0.825. The van der Waals surface area contributed by atoms with Crippen LogP contribution in [0.4, 0.5) is 5.69 Å². The molecule has 2 aromatic rings. The Kier molecular flexibility index (Phi) is 4.96. The third kappa shape index (κ3) is 3.30. The summed E-state index contributed by atoms with van der Waals surface area (Å²) in [5.41, 5.74) is 0.242. The second-order valence-corrected chi connectivity index (χ2v) is 9.70. The van der Waals surface area contributed by atoms with E-state index in [-0.39, 0.29) is 10.9 Å². The van der Waals surface area contributed by atoms with Crippen molar-refractivity contribution < 1.29 is 14.6 Å². The minimum absolute atomic E-state index is 0.0535. The van der Waals surface area contributed by atoms with Crippen LogP contribution < -0.4 is 15.6 Å². The zero-order valence-electron chi connectivity index (χ0n) is 17.4. The summed E-state index contributed by atoms with van der Waals surface area (Å²) in [6.07, 6.45) is 5.96. The Hall–Kier alpha value is -2.54. The summed E-state index contributed by atoms with van der Waals surface area (Å²) in [6, 6.07) is 7.61. The maximum Gasteiger partial charge on any atom is 0.309 e. The first-order valence-corrected chi connectivity index (χ1v) is 11.2. The quantitative estimate of drug-likeness (QED) is 0.706.